The number of hydrogen-bond acceptors (Lipinski definition) is 16. The Morgan fingerprint density at radius 3 is 1.71 bits per heavy atom. The van der Waals surface area contributed by atoms with Gasteiger partial charge in [0.1, 0.15) is 25.6 Å². The first-order valence-corrected chi connectivity index (χ1v) is 24.0. The van der Waals surface area contributed by atoms with Gasteiger partial charge in [-0.1, -0.05) is 23.3 Å². The number of hydrogen-bond donors (Lipinski definition) is 0. The molecule has 3 aromatic rings. The SMILES string of the molecule is C/C=C1\CC2C=Nc3cc(OCc4cc(OCCN(CCCC(=O)OCC)CCOCCOCCOC)cc(COc5cc6c(cc5OC)C(=O)N5C/C(=C/C)CC5C=N6)n4)c(OC)cc3C(=O)N2C1. The lowest BCUT2D eigenvalue weighted by molar-refractivity contribution is -0.143. The fourth-order valence-corrected chi connectivity index (χ4v) is 8.65. The molecule has 70 heavy (non-hydrogen) atoms. The summed E-state index contributed by atoms with van der Waals surface area (Å²) in [6, 6.07) is 10.2. The van der Waals surface area contributed by atoms with Crippen LogP contribution in [0.2, 0.25) is 0 Å². The molecule has 5 heterocycles. The van der Waals surface area contributed by atoms with E-state index in [9.17, 15) is 14.4 Å². The number of carbonyl (C=O) groups is 3. The maximum atomic E-state index is 13.7. The first-order valence-electron chi connectivity index (χ1n) is 24.0. The molecule has 0 saturated carbocycles. The third-order valence-electron chi connectivity index (χ3n) is 12.5. The predicted octanol–water partition coefficient (Wildman–Crippen LogP) is 6.71. The number of aromatic nitrogens is 1. The molecule has 2 amide bonds. The van der Waals surface area contributed by atoms with Crippen LogP contribution in [-0.4, -0.2) is 162 Å². The number of fused-ring (bicyclic) bond motifs is 4. The molecule has 4 aliphatic rings. The smallest absolute Gasteiger partial charge is 0.305 e. The maximum Gasteiger partial charge on any atom is 0.305 e. The second-order valence-corrected chi connectivity index (χ2v) is 17.1. The molecule has 0 bridgehead atoms. The highest BCUT2D eigenvalue weighted by Crippen LogP contribution is 2.41. The van der Waals surface area contributed by atoms with E-state index < -0.39 is 0 Å². The number of ether oxygens (including phenoxy) is 9. The number of methoxy groups -OCH3 is 3. The Labute approximate surface area is 410 Å². The van der Waals surface area contributed by atoms with E-state index in [1.165, 1.54) is 25.4 Å². The quantitative estimate of drug-likeness (QED) is 0.0470. The van der Waals surface area contributed by atoms with Crippen molar-refractivity contribution in [3.8, 4) is 28.7 Å². The van der Waals surface area contributed by atoms with Gasteiger partial charge in [0.05, 0.1) is 99.8 Å². The Bertz CT molecular complexity index is 2300. The Balaban J connectivity index is 1.09. The van der Waals surface area contributed by atoms with Gasteiger partial charge in [-0.2, -0.15) is 0 Å². The molecule has 0 N–H and O–H groups in total. The topological polar surface area (TPSA) is 182 Å². The Hall–Kier alpha value is -6.34. The largest absolute Gasteiger partial charge is 0.493 e. The summed E-state index contributed by atoms with van der Waals surface area (Å²) in [6.07, 6.45) is 10.2. The summed E-state index contributed by atoms with van der Waals surface area (Å²) in [5.41, 5.74) is 5.32. The van der Waals surface area contributed by atoms with Gasteiger partial charge in [0.2, 0.25) is 0 Å². The Morgan fingerprint density at radius 2 is 1.20 bits per heavy atom. The third-order valence-corrected chi connectivity index (χ3v) is 12.5. The van der Waals surface area contributed by atoms with Crippen molar-refractivity contribution in [1.29, 1.82) is 0 Å². The van der Waals surface area contributed by atoms with Crippen molar-refractivity contribution in [2.24, 2.45) is 9.98 Å². The van der Waals surface area contributed by atoms with E-state index in [-0.39, 0.29) is 43.1 Å². The fraction of sp³-hybridized carbons (Fsp3) is 0.500. The van der Waals surface area contributed by atoms with Crippen molar-refractivity contribution < 1.29 is 57.0 Å². The lowest BCUT2D eigenvalue weighted by Crippen LogP contribution is -2.35. The number of aliphatic imine (C=N–C) groups is 2. The zero-order valence-corrected chi connectivity index (χ0v) is 41.2. The fourth-order valence-electron chi connectivity index (χ4n) is 8.65. The third kappa shape index (κ3) is 13.3. The molecule has 7 rings (SSSR count). The van der Waals surface area contributed by atoms with Crippen molar-refractivity contribution >= 4 is 41.6 Å². The molecule has 2 unspecified atom stereocenters. The first kappa shape index (κ1) is 51.5. The van der Waals surface area contributed by atoms with Gasteiger partial charge in [-0.3, -0.25) is 34.3 Å². The number of rotatable bonds is 26. The van der Waals surface area contributed by atoms with Crippen LogP contribution in [0, 0.1) is 0 Å². The molecule has 376 valence electrons. The van der Waals surface area contributed by atoms with Gasteiger partial charge in [0, 0.05) is 76.4 Å². The average molecular weight is 967 g/mol. The van der Waals surface area contributed by atoms with Gasteiger partial charge in [-0.15, -0.1) is 0 Å². The molecule has 2 saturated heterocycles. The molecule has 4 aliphatic heterocycles. The van der Waals surface area contributed by atoms with Crippen LogP contribution >= 0.6 is 0 Å². The van der Waals surface area contributed by atoms with Crippen LogP contribution in [-0.2, 0) is 37.0 Å². The molecule has 0 spiro atoms. The van der Waals surface area contributed by atoms with Crippen LogP contribution in [0.25, 0.3) is 0 Å². The summed E-state index contributed by atoms with van der Waals surface area (Å²) in [6.45, 7) is 11.7. The molecule has 1 aromatic heterocycles. The van der Waals surface area contributed by atoms with Crippen LogP contribution < -0.4 is 23.7 Å². The van der Waals surface area contributed by atoms with Crippen molar-refractivity contribution in [2.75, 3.05) is 100 Å². The van der Waals surface area contributed by atoms with Crippen molar-refractivity contribution in [3.05, 3.63) is 82.2 Å². The highest BCUT2D eigenvalue weighted by atomic mass is 16.5. The average Bonchev–Trinajstić information content (AvgIpc) is 3.94. The van der Waals surface area contributed by atoms with Crippen LogP contribution in [0.4, 0.5) is 11.4 Å². The highest BCUT2D eigenvalue weighted by molar-refractivity contribution is 6.04. The summed E-state index contributed by atoms with van der Waals surface area (Å²) in [4.78, 5) is 59.9. The zero-order valence-electron chi connectivity index (χ0n) is 41.2. The molecule has 0 aliphatic carbocycles. The van der Waals surface area contributed by atoms with E-state index in [1.54, 1.807) is 50.4 Å². The minimum absolute atomic E-state index is 0.00844. The first-order chi connectivity index (χ1) is 34.1. The highest BCUT2D eigenvalue weighted by Gasteiger charge is 2.36. The van der Waals surface area contributed by atoms with Gasteiger partial charge < -0.3 is 52.4 Å². The van der Waals surface area contributed by atoms with Gasteiger partial charge in [-0.25, -0.2) is 0 Å². The van der Waals surface area contributed by atoms with E-state index in [0.717, 1.165) is 12.8 Å². The maximum absolute atomic E-state index is 13.7. The summed E-state index contributed by atoms with van der Waals surface area (Å²) in [5, 5.41) is 0. The molecule has 18 nitrogen and oxygen atoms in total. The van der Waals surface area contributed by atoms with E-state index in [0.29, 0.717) is 154 Å². The van der Waals surface area contributed by atoms with Gasteiger partial charge in [0.15, 0.2) is 23.0 Å². The van der Waals surface area contributed by atoms with Gasteiger partial charge in [-0.05, 0) is 58.7 Å². The molecular weight excluding hydrogens is 901 g/mol. The van der Waals surface area contributed by atoms with Crippen molar-refractivity contribution in [3.63, 3.8) is 0 Å². The number of nitrogens with zero attached hydrogens (tertiary/aromatic N) is 6. The van der Waals surface area contributed by atoms with Crippen LogP contribution in [0.15, 0.2) is 69.7 Å². The Kier molecular flexibility index (Phi) is 18.8. The van der Waals surface area contributed by atoms with E-state index in [2.05, 4.69) is 17.1 Å². The van der Waals surface area contributed by atoms with Gasteiger partial charge >= 0.3 is 5.97 Å². The van der Waals surface area contributed by atoms with Gasteiger partial charge in [0.25, 0.3) is 11.8 Å². The molecule has 0 radical (unpaired) electrons. The number of benzene rings is 2. The standard InChI is InChI=1S/C52H66N6O12/c1-7-35-21-39-29-53-44-27-48(46(63-5)25-42(44)51(60)57(39)31-35)69-33-37-23-41(68-16-14-56(12-10-11-50(59)67-9-3)13-15-65-19-20-66-18-17-62-4)24-38(55-37)34-70-49-28-45-43(26-47(49)64-6)52(61)58-32-36(8-2)22-40(58)30-54-45/h7-8,23-30,39-40H,9-22,31-34H2,1-6H3/b35-7+,36-8+. The molecule has 2 fully saturated rings. The zero-order chi connectivity index (χ0) is 49.4. The van der Waals surface area contributed by atoms with Crippen LogP contribution in [0.1, 0.15) is 78.6 Å². The van der Waals surface area contributed by atoms with Crippen molar-refractivity contribution in [2.45, 2.75) is 71.8 Å². The number of carbonyl (C=O) groups excluding carboxylic acids is 3. The second-order valence-electron chi connectivity index (χ2n) is 17.1. The number of allylic oxidation sites excluding steroid dienone is 2. The molecule has 2 atom stereocenters. The Morgan fingerprint density at radius 1 is 0.671 bits per heavy atom. The minimum atomic E-state index is -0.231. The minimum Gasteiger partial charge on any atom is -0.493 e. The summed E-state index contributed by atoms with van der Waals surface area (Å²) in [7, 11) is 4.69. The summed E-state index contributed by atoms with van der Waals surface area (Å²) < 4.78 is 52.3. The summed E-state index contributed by atoms with van der Waals surface area (Å²) >= 11 is 0. The number of pyridine rings is 1. The lowest BCUT2D eigenvalue weighted by Gasteiger charge is -2.22. The van der Waals surface area contributed by atoms with E-state index in [1.807, 2.05) is 36.1 Å². The van der Waals surface area contributed by atoms with Crippen molar-refractivity contribution in [1.82, 2.24) is 19.7 Å². The monoisotopic (exact) mass is 966 g/mol. The molecular formula is C52H66N6O12. The number of amides is 2. The van der Waals surface area contributed by atoms with E-state index in [4.69, 9.17) is 57.6 Å². The number of esters is 1. The molecule has 2 aromatic carbocycles. The molecule has 18 heteroatoms. The second kappa shape index (κ2) is 25.5. The summed E-state index contributed by atoms with van der Waals surface area (Å²) in [5.74, 6) is 1.61. The lowest BCUT2D eigenvalue weighted by atomic mass is 10.1. The predicted molar refractivity (Wildman–Crippen MR) is 263 cm³/mol. The van der Waals surface area contributed by atoms with Crippen LogP contribution in [0.5, 0.6) is 28.7 Å². The van der Waals surface area contributed by atoms with E-state index >= 15 is 0 Å². The normalized spacial score (nSPS) is 18.2. The van der Waals surface area contributed by atoms with Crippen LogP contribution in [0.3, 0.4) is 0 Å².